The number of morpholine rings is 1. The molecule has 1 saturated heterocycles. The minimum Gasteiger partial charge on any atom is -0.489 e. The highest BCUT2D eigenvalue weighted by Gasteiger charge is 2.31. The minimum atomic E-state index is -0.0843. The largest absolute Gasteiger partial charge is 0.489 e. The summed E-state index contributed by atoms with van der Waals surface area (Å²) in [6.45, 7) is 8.22. The molecule has 3 atom stereocenters. The van der Waals surface area contributed by atoms with Crippen molar-refractivity contribution in [3.05, 3.63) is 65.2 Å². The third-order valence-electron chi connectivity index (χ3n) is 5.84. The standard InChI is InChI=1S/C23H28N2O3/c1-16-17(2)28-22-19(16)9-6-10-20(22)23(26)24-21(18-7-4-3-5-8-18)15-25-11-13-27-14-12-25/h3-10,16-17,21H,11-15H2,1-2H3,(H,24,26). The molecule has 2 heterocycles. The predicted molar refractivity (Wildman–Crippen MR) is 109 cm³/mol. The zero-order valence-corrected chi connectivity index (χ0v) is 16.6. The van der Waals surface area contributed by atoms with Crippen LogP contribution >= 0.6 is 0 Å². The van der Waals surface area contributed by atoms with Crippen molar-refractivity contribution in [1.82, 2.24) is 10.2 Å². The maximum atomic E-state index is 13.2. The van der Waals surface area contributed by atoms with E-state index in [2.05, 4.69) is 42.3 Å². The Hall–Kier alpha value is -2.37. The lowest BCUT2D eigenvalue weighted by Gasteiger charge is -2.31. The van der Waals surface area contributed by atoms with Crippen LogP contribution in [0.4, 0.5) is 0 Å². The molecular formula is C23H28N2O3. The van der Waals surface area contributed by atoms with E-state index in [4.69, 9.17) is 9.47 Å². The Bertz CT molecular complexity index is 818. The summed E-state index contributed by atoms with van der Waals surface area (Å²) < 4.78 is 11.5. The van der Waals surface area contributed by atoms with Gasteiger partial charge in [-0.05, 0) is 18.6 Å². The fourth-order valence-electron chi connectivity index (χ4n) is 3.96. The molecule has 5 heteroatoms. The molecule has 3 unspecified atom stereocenters. The zero-order valence-electron chi connectivity index (χ0n) is 16.6. The molecule has 5 nitrogen and oxygen atoms in total. The van der Waals surface area contributed by atoms with E-state index in [1.165, 1.54) is 0 Å². The van der Waals surface area contributed by atoms with Crippen LogP contribution in [-0.2, 0) is 4.74 Å². The summed E-state index contributed by atoms with van der Waals surface area (Å²) in [6, 6.07) is 15.9. The van der Waals surface area contributed by atoms with Crippen LogP contribution in [0, 0.1) is 0 Å². The Kier molecular flexibility index (Phi) is 5.64. The van der Waals surface area contributed by atoms with Gasteiger partial charge in [-0.3, -0.25) is 9.69 Å². The molecule has 2 aliphatic rings. The maximum absolute atomic E-state index is 13.2. The van der Waals surface area contributed by atoms with E-state index in [9.17, 15) is 4.79 Å². The topological polar surface area (TPSA) is 50.8 Å². The molecule has 0 saturated carbocycles. The number of carbonyl (C=O) groups is 1. The number of ether oxygens (including phenoxy) is 2. The molecule has 0 radical (unpaired) electrons. The normalized spacial score (nSPS) is 22.9. The smallest absolute Gasteiger partial charge is 0.255 e. The number of amides is 1. The van der Waals surface area contributed by atoms with Crippen molar-refractivity contribution in [3.63, 3.8) is 0 Å². The first-order chi connectivity index (χ1) is 13.6. The van der Waals surface area contributed by atoms with Crippen molar-refractivity contribution >= 4 is 5.91 Å². The van der Waals surface area contributed by atoms with Gasteiger partial charge in [-0.25, -0.2) is 0 Å². The molecule has 148 valence electrons. The molecule has 2 aromatic carbocycles. The summed E-state index contributed by atoms with van der Waals surface area (Å²) in [6.07, 6.45) is 0.0854. The van der Waals surface area contributed by atoms with Crippen molar-refractivity contribution in [2.45, 2.75) is 31.9 Å². The van der Waals surface area contributed by atoms with E-state index in [0.29, 0.717) is 11.5 Å². The number of rotatable bonds is 5. The average Bonchev–Trinajstić information content (AvgIpc) is 3.03. The summed E-state index contributed by atoms with van der Waals surface area (Å²) in [4.78, 5) is 15.6. The van der Waals surface area contributed by atoms with Crippen molar-refractivity contribution < 1.29 is 14.3 Å². The summed E-state index contributed by atoms with van der Waals surface area (Å²) in [5.41, 5.74) is 2.85. The molecule has 1 amide bonds. The van der Waals surface area contributed by atoms with E-state index in [1.807, 2.05) is 30.3 Å². The van der Waals surface area contributed by atoms with Gasteiger partial charge in [0.05, 0.1) is 24.8 Å². The second-order valence-corrected chi connectivity index (χ2v) is 7.69. The lowest BCUT2D eigenvalue weighted by atomic mass is 9.96. The molecular weight excluding hydrogens is 352 g/mol. The first-order valence-corrected chi connectivity index (χ1v) is 10.1. The van der Waals surface area contributed by atoms with E-state index in [1.54, 1.807) is 0 Å². The van der Waals surface area contributed by atoms with Crippen molar-refractivity contribution in [1.29, 1.82) is 0 Å². The van der Waals surface area contributed by atoms with E-state index >= 15 is 0 Å². The highest BCUT2D eigenvalue weighted by molar-refractivity contribution is 5.98. The number of nitrogens with one attached hydrogen (secondary N) is 1. The van der Waals surface area contributed by atoms with Gasteiger partial charge in [0, 0.05) is 31.1 Å². The summed E-state index contributed by atoms with van der Waals surface area (Å²) in [5, 5.41) is 3.25. The SMILES string of the molecule is CC1Oc2c(C(=O)NC(CN3CCOCC3)c3ccccc3)cccc2C1C. The highest BCUT2D eigenvalue weighted by Crippen LogP contribution is 2.40. The Morgan fingerprint density at radius 3 is 2.61 bits per heavy atom. The van der Waals surface area contributed by atoms with Crippen LogP contribution in [0.3, 0.4) is 0 Å². The van der Waals surface area contributed by atoms with E-state index < -0.39 is 0 Å². The highest BCUT2D eigenvalue weighted by atomic mass is 16.5. The number of carbonyl (C=O) groups excluding carboxylic acids is 1. The average molecular weight is 380 g/mol. The number of hydrogen-bond acceptors (Lipinski definition) is 4. The summed E-state index contributed by atoms with van der Waals surface area (Å²) in [5.74, 6) is 0.944. The van der Waals surface area contributed by atoms with Crippen LogP contribution in [0.2, 0.25) is 0 Å². The predicted octanol–water partition coefficient (Wildman–Crippen LogP) is 3.37. The first-order valence-electron chi connectivity index (χ1n) is 10.1. The zero-order chi connectivity index (χ0) is 19.5. The Morgan fingerprint density at radius 1 is 1.11 bits per heavy atom. The van der Waals surface area contributed by atoms with Crippen molar-refractivity contribution in [3.8, 4) is 5.75 Å². The Balaban J connectivity index is 1.56. The number of para-hydroxylation sites is 1. The number of nitrogens with zero attached hydrogens (tertiary/aromatic N) is 1. The van der Waals surface area contributed by atoms with Gasteiger partial charge < -0.3 is 14.8 Å². The number of fused-ring (bicyclic) bond motifs is 1. The van der Waals surface area contributed by atoms with Crippen LogP contribution < -0.4 is 10.1 Å². The molecule has 2 aromatic rings. The molecule has 0 spiro atoms. The van der Waals surface area contributed by atoms with Gasteiger partial charge >= 0.3 is 0 Å². The fourth-order valence-corrected chi connectivity index (χ4v) is 3.96. The van der Waals surface area contributed by atoms with Gasteiger partial charge in [-0.1, -0.05) is 49.4 Å². The Morgan fingerprint density at radius 2 is 1.86 bits per heavy atom. The lowest BCUT2D eigenvalue weighted by Crippen LogP contribution is -2.43. The minimum absolute atomic E-state index is 0.0831. The maximum Gasteiger partial charge on any atom is 0.255 e. The number of benzene rings is 2. The van der Waals surface area contributed by atoms with Gasteiger partial charge in [0.1, 0.15) is 11.9 Å². The van der Waals surface area contributed by atoms with Gasteiger partial charge in [-0.15, -0.1) is 0 Å². The molecule has 0 aliphatic carbocycles. The summed E-state index contributed by atoms with van der Waals surface area (Å²) >= 11 is 0. The van der Waals surface area contributed by atoms with E-state index in [0.717, 1.165) is 49.7 Å². The molecule has 4 rings (SSSR count). The molecule has 0 aromatic heterocycles. The van der Waals surface area contributed by atoms with Crippen LogP contribution in [0.15, 0.2) is 48.5 Å². The summed E-state index contributed by atoms with van der Waals surface area (Å²) in [7, 11) is 0. The van der Waals surface area contributed by atoms with Crippen molar-refractivity contribution in [2.75, 3.05) is 32.8 Å². The number of hydrogen-bond donors (Lipinski definition) is 1. The van der Waals surface area contributed by atoms with Gasteiger partial charge in [0.25, 0.3) is 5.91 Å². The van der Waals surface area contributed by atoms with E-state index in [-0.39, 0.29) is 18.1 Å². The van der Waals surface area contributed by atoms with Gasteiger partial charge in [-0.2, -0.15) is 0 Å². The second-order valence-electron chi connectivity index (χ2n) is 7.69. The quantitative estimate of drug-likeness (QED) is 0.864. The van der Waals surface area contributed by atoms with Gasteiger partial charge in [0.15, 0.2) is 0 Å². The van der Waals surface area contributed by atoms with Crippen LogP contribution in [0.25, 0.3) is 0 Å². The monoisotopic (exact) mass is 380 g/mol. The third-order valence-corrected chi connectivity index (χ3v) is 5.84. The molecule has 1 fully saturated rings. The van der Waals surface area contributed by atoms with Crippen LogP contribution in [-0.4, -0.2) is 49.8 Å². The molecule has 28 heavy (non-hydrogen) atoms. The van der Waals surface area contributed by atoms with Crippen molar-refractivity contribution in [2.24, 2.45) is 0 Å². The third kappa shape index (κ3) is 3.91. The lowest BCUT2D eigenvalue weighted by molar-refractivity contribution is 0.0332. The van der Waals surface area contributed by atoms with Crippen LogP contribution in [0.5, 0.6) is 5.75 Å². The first kappa shape index (κ1) is 19.0. The van der Waals surface area contributed by atoms with Crippen LogP contribution in [0.1, 0.15) is 47.3 Å². The molecule has 2 aliphatic heterocycles. The fraction of sp³-hybridized carbons (Fsp3) is 0.435. The second kappa shape index (κ2) is 8.33. The molecule has 1 N–H and O–H groups in total. The Labute approximate surface area is 166 Å². The van der Waals surface area contributed by atoms with Gasteiger partial charge in [0.2, 0.25) is 0 Å². The molecule has 0 bridgehead atoms.